The summed E-state index contributed by atoms with van der Waals surface area (Å²) in [4.78, 5) is 18.2. The Labute approximate surface area is 178 Å². The molecular formula is C24H22N2O3S. The number of fused-ring (bicyclic) bond motifs is 2. The molecule has 0 aliphatic heterocycles. The Morgan fingerprint density at radius 2 is 1.93 bits per heavy atom. The van der Waals surface area contributed by atoms with Gasteiger partial charge in [0.05, 0.1) is 29.5 Å². The minimum atomic E-state index is -0.341. The van der Waals surface area contributed by atoms with Crippen LogP contribution in [0.15, 0.2) is 72.2 Å². The Kier molecular flexibility index (Phi) is 5.68. The largest absolute Gasteiger partial charge is 0.496 e. The predicted molar refractivity (Wildman–Crippen MR) is 122 cm³/mol. The zero-order valence-electron chi connectivity index (χ0n) is 16.9. The van der Waals surface area contributed by atoms with E-state index in [-0.39, 0.29) is 5.91 Å². The van der Waals surface area contributed by atoms with Crippen LogP contribution in [0.5, 0.6) is 11.5 Å². The highest BCUT2D eigenvalue weighted by Gasteiger charge is 2.15. The molecule has 3 aromatic carbocycles. The van der Waals surface area contributed by atoms with E-state index in [1.807, 2.05) is 66.1 Å². The van der Waals surface area contributed by atoms with Crippen LogP contribution in [0.1, 0.15) is 17.3 Å². The Hall–Kier alpha value is -3.38. The van der Waals surface area contributed by atoms with Crippen LogP contribution in [-0.4, -0.2) is 24.2 Å². The van der Waals surface area contributed by atoms with E-state index < -0.39 is 0 Å². The van der Waals surface area contributed by atoms with Gasteiger partial charge in [-0.25, -0.2) is 0 Å². The second-order valence-electron chi connectivity index (χ2n) is 6.66. The fraction of sp³-hybridized carbons (Fsp3) is 0.167. The number of carbonyl (C=O) groups is 1. The second-order valence-corrected chi connectivity index (χ2v) is 7.67. The Balaban J connectivity index is 1.86. The summed E-state index contributed by atoms with van der Waals surface area (Å²) in [5.74, 6) is 0.968. The van der Waals surface area contributed by atoms with Gasteiger partial charge in [0.15, 0.2) is 4.80 Å². The van der Waals surface area contributed by atoms with Crippen LogP contribution in [0.25, 0.3) is 21.0 Å². The molecule has 5 nitrogen and oxygen atoms in total. The number of amides is 1. The third kappa shape index (κ3) is 3.74. The maximum atomic E-state index is 13.1. The van der Waals surface area contributed by atoms with E-state index >= 15 is 0 Å². The van der Waals surface area contributed by atoms with E-state index in [4.69, 9.17) is 9.47 Å². The highest BCUT2D eigenvalue weighted by Crippen LogP contribution is 2.27. The molecule has 0 unspecified atom stereocenters. The monoisotopic (exact) mass is 418 g/mol. The molecule has 152 valence electrons. The molecule has 0 atom stereocenters. The highest BCUT2D eigenvalue weighted by atomic mass is 32.1. The smallest absolute Gasteiger partial charge is 0.283 e. The molecule has 0 saturated heterocycles. The summed E-state index contributed by atoms with van der Waals surface area (Å²) in [6.45, 7) is 6.94. The molecule has 0 aliphatic carbocycles. The first-order valence-electron chi connectivity index (χ1n) is 9.67. The molecule has 6 heteroatoms. The van der Waals surface area contributed by atoms with Crippen molar-refractivity contribution in [2.75, 3.05) is 13.7 Å². The van der Waals surface area contributed by atoms with Crippen molar-refractivity contribution in [3.8, 4) is 11.5 Å². The zero-order valence-corrected chi connectivity index (χ0v) is 17.7. The van der Waals surface area contributed by atoms with Crippen LogP contribution >= 0.6 is 11.3 Å². The lowest BCUT2D eigenvalue weighted by atomic mass is 10.1. The fourth-order valence-electron chi connectivity index (χ4n) is 3.40. The average Bonchev–Trinajstić information content (AvgIpc) is 3.09. The molecule has 0 fully saturated rings. The van der Waals surface area contributed by atoms with Crippen molar-refractivity contribution in [2.24, 2.45) is 4.99 Å². The highest BCUT2D eigenvalue weighted by molar-refractivity contribution is 7.16. The number of methoxy groups -OCH3 is 1. The molecule has 1 amide bonds. The number of ether oxygens (including phenoxy) is 2. The lowest BCUT2D eigenvalue weighted by Crippen LogP contribution is -2.16. The summed E-state index contributed by atoms with van der Waals surface area (Å²) in [6, 6.07) is 17.5. The first-order chi connectivity index (χ1) is 14.6. The van der Waals surface area contributed by atoms with E-state index in [0.717, 1.165) is 26.7 Å². The molecule has 0 aliphatic rings. The van der Waals surface area contributed by atoms with Gasteiger partial charge in [-0.15, -0.1) is 6.58 Å². The summed E-state index contributed by atoms with van der Waals surface area (Å²) < 4.78 is 14.1. The molecule has 0 bridgehead atoms. The van der Waals surface area contributed by atoms with Gasteiger partial charge in [0, 0.05) is 6.54 Å². The number of hydrogen-bond donors (Lipinski definition) is 0. The third-order valence-corrected chi connectivity index (χ3v) is 5.81. The number of aromatic nitrogens is 1. The number of benzene rings is 3. The summed E-state index contributed by atoms with van der Waals surface area (Å²) in [5.41, 5.74) is 1.43. The first kappa shape index (κ1) is 19.9. The number of rotatable bonds is 6. The van der Waals surface area contributed by atoms with Crippen LogP contribution < -0.4 is 14.3 Å². The van der Waals surface area contributed by atoms with Gasteiger partial charge in [-0.3, -0.25) is 4.79 Å². The van der Waals surface area contributed by atoms with Crippen LogP contribution in [-0.2, 0) is 6.54 Å². The number of thiazole rings is 1. The zero-order chi connectivity index (χ0) is 21.1. The molecule has 30 heavy (non-hydrogen) atoms. The molecule has 0 radical (unpaired) electrons. The molecule has 1 heterocycles. The van der Waals surface area contributed by atoms with Gasteiger partial charge in [-0.2, -0.15) is 4.99 Å². The summed E-state index contributed by atoms with van der Waals surface area (Å²) in [6.07, 6.45) is 1.79. The Bertz CT molecular complexity index is 1320. The van der Waals surface area contributed by atoms with Crippen molar-refractivity contribution in [3.05, 3.63) is 77.6 Å². The second kappa shape index (κ2) is 8.55. The Morgan fingerprint density at radius 3 is 2.63 bits per heavy atom. The lowest BCUT2D eigenvalue weighted by Gasteiger charge is -2.08. The molecule has 0 saturated carbocycles. The molecule has 1 aromatic heterocycles. The van der Waals surface area contributed by atoms with Crippen molar-refractivity contribution in [1.82, 2.24) is 4.57 Å². The van der Waals surface area contributed by atoms with E-state index in [9.17, 15) is 4.79 Å². The van der Waals surface area contributed by atoms with Gasteiger partial charge in [0.1, 0.15) is 11.5 Å². The third-order valence-electron chi connectivity index (χ3n) is 4.77. The van der Waals surface area contributed by atoms with Gasteiger partial charge in [0.2, 0.25) is 0 Å². The number of nitrogens with zero attached hydrogens (tertiary/aromatic N) is 2. The van der Waals surface area contributed by atoms with Crippen LogP contribution in [0, 0.1) is 0 Å². The molecule has 4 rings (SSSR count). The van der Waals surface area contributed by atoms with Crippen LogP contribution in [0.4, 0.5) is 0 Å². The minimum absolute atomic E-state index is 0.341. The number of carbonyl (C=O) groups excluding carboxylic acids is 1. The SMILES string of the molecule is C=CCn1c(=NC(=O)c2cc3ccccc3cc2OC)sc2cc(OCC)ccc21. The molecule has 0 spiro atoms. The van der Waals surface area contributed by atoms with Crippen LogP contribution in [0.2, 0.25) is 0 Å². The predicted octanol–water partition coefficient (Wildman–Crippen LogP) is 5.19. The summed E-state index contributed by atoms with van der Waals surface area (Å²) in [7, 11) is 1.56. The first-order valence-corrected chi connectivity index (χ1v) is 10.5. The van der Waals surface area contributed by atoms with Gasteiger partial charge in [-0.05, 0) is 48.0 Å². The van der Waals surface area contributed by atoms with Crippen molar-refractivity contribution in [1.29, 1.82) is 0 Å². The lowest BCUT2D eigenvalue weighted by molar-refractivity contribution is 0.0995. The van der Waals surface area contributed by atoms with Crippen molar-refractivity contribution in [2.45, 2.75) is 13.5 Å². The molecule has 4 aromatic rings. The van der Waals surface area contributed by atoms with Crippen molar-refractivity contribution >= 4 is 38.2 Å². The van der Waals surface area contributed by atoms with E-state index in [1.54, 1.807) is 13.2 Å². The quantitative estimate of drug-likeness (QED) is 0.405. The van der Waals surface area contributed by atoms with Gasteiger partial charge >= 0.3 is 0 Å². The number of hydrogen-bond acceptors (Lipinski definition) is 4. The topological polar surface area (TPSA) is 52.8 Å². The maximum absolute atomic E-state index is 13.1. The normalized spacial score (nSPS) is 11.7. The van der Waals surface area contributed by atoms with Crippen molar-refractivity contribution in [3.63, 3.8) is 0 Å². The van der Waals surface area contributed by atoms with E-state index in [1.165, 1.54) is 11.3 Å². The number of allylic oxidation sites excluding steroid dienone is 1. The van der Waals surface area contributed by atoms with Crippen LogP contribution in [0.3, 0.4) is 0 Å². The van der Waals surface area contributed by atoms with Gasteiger partial charge in [-0.1, -0.05) is 41.7 Å². The Morgan fingerprint density at radius 1 is 1.17 bits per heavy atom. The van der Waals surface area contributed by atoms with E-state index in [2.05, 4.69) is 11.6 Å². The molecule has 0 N–H and O–H groups in total. The minimum Gasteiger partial charge on any atom is -0.496 e. The fourth-order valence-corrected chi connectivity index (χ4v) is 4.47. The van der Waals surface area contributed by atoms with Gasteiger partial charge in [0.25, 0.3) is 5.91 Å². The van der Waals surface area contributed by atoms with Gasteiger partial charge < -0.3 is 14.0 Å². The van der Waals surface area contributed by atoms with Crippen molar-refractivity contribution < 1.29 is 14.3 Å². The maximum Gasteiger partial charge on any atom is 0.283 e. The summed E-state index contributed by atoms with van der Waals surface area (Å²) in [5, 5.41) is 1.98. The summed E-state index contributed by atoms with van der Waals surface area (Å²) >= 11 is 1.45. The van der Waals surface area contributed by atoms with E-state index in [0.29, 0.717) is 29.3 Å². The molecular weight excluding hydrogens is 396 g/mol. The average molecular weight is 419 g/mol. The standard InChI is InChI=1S/C24H22N2O3S/c1-4-12-26-20-11-10-18(29-5-2)15-22(20)30-24(26)25-23(27)19-13-16-8-6-7-9-17(16)14-21(19)28-3/h4,6-11,13-15H,1,5,12H2,2-3H3.